The number of aromatic nitrogens is 1. The third-order valence-corrected chi connectivity index (χ3v) is 8.95. The molecule has 1 aliphatic heterocycles. The molecule has 1 saturated heterocycles. The summed E-state index contributed by atoms with van der Waals surface area (Å²) in [6.07, 6.45) is 3.06. The van der Waals surface area contributed by atoms with Crippen LogP contribution in [0.2, 0.25) is 0 Å². The number of hydrogen-bond acceptors (Lipinski definition) is 6. The summed E-state index contributed by atoms with van der Waals surface area (Å²) in [5.41, 5.74) is 5.42. The number of esters is 1. The van der Waals surface area contributed by atoms with Gasteiger partial charge in [-0.25, -0.2) is 9.78 Å². The summed E-state index contributed by atoms with van der Waals surface area (Å²) in [5.74, 6) is -1.37. The largest absolute Gasteiger partial charge is 0.454 e. The van der Waals surface area contributed by atoms with E-state index in [0.29, 0.717) is 39.0 Å². The van der Waals surface area contributed by atoms with Gasteiger partial charge in [0.2, 0.25) is 11.8 Å². The van der Waals surface area contributed by atoms with Crippen LogP contribution in [0.4, 0.5) is 5.69 Å². The maximum absolute atomic E-state index is 13.4. The van der Waals surface area contributed by atoms with Crippen molar-refractivity contribution in [1.29, 1.82) is 0 Å². The molecule has 2 fully saturated rings. The van der Waals surface area contributed by atoms with Crippen molar-refractivity contribution >= 4 is 40.2 Å². The van der Waals surface area contributed by atoms with Crippen LogP contribution in [0.25, 0.3) is 22.2 Å². The summed E-state index contributed by atoms with van der Waals surface area (Å²) >= 11 is 0. The zero-order valence-corrected chi connectivity index (χ0v) is 23.2. The molecule has 3 aromatic carbocycles. The maximum Gasteiger partial charge on any atom is 0.339 e. The number of benzene rings is 3. The monoisotopic (exact) mass is 556 g/mol. The van der Waals surface area contributed by atoms with Crippen LogP contribution in [0.15, 0.2) is 90.5 Å². The molecule has 4 atom stereocenters. The minimum atomic E-state index is -0.620. The van der Waals surface area contributed by atoms with Crippen LogP contribution in [-0.4, -0.2) is 35.2 Å². The molecule has 0 radical (unpaired) electrons. The van der Waals surface area contributed by atoms with Crippen LogP contribution in [0.1, 0.15) is 39.6 Å². The Morgan fingerprint density at radius 3 is 2.38 bits per heavy atom. The number of amides is 2. The fraction of sp³-hybridized carbons (Fsp3) is 0.229. The van der Waals surface area contributed by atoms with Crippen molar-refractivity contribution in [2.45, 2.75) is 20.3 Å². The van der Waals surface area contributed by atoms with Crippen LogP contribution < -0.4 is 4.90 Å². The Morgan fingerprint density at radius 1 is 0.905 bits per heavy atom. The van der Waals surface area contributed by atoms with Crippen LogP contribution in [0.5, 0.6) is 0 Å². The number of hydrogen-bond donors (Lipinski definition) is 0. The molecule has 42 heavy (non-hydrogen) atoms. The second-order valence-electron chi connectivity index (χ2n) is 11.5. The number of anilines is 1. The zero-order chi connectivity index (χ0) is 29.1. The van der Waals surface area contributed by atoms with Gasteiger partial charge in [-0.3, -0.25) is 19.3 Å². The number of fused-ring (bicyclic) bond motifs is 6. The van der Waals surface area contributed by atoms with Gasteiger partial charge in [0.15, 0.2) is 12.4 Å². The van der Waals surface area contributed by atoms with Gasteiger partial charge in [-0.05, 0) is 56.4 Å². The van der Waals surface area contributed by atoms with Gasteiger partial charge in [0.25, 0.3) is 0 Å². The number of carbonyl (C=O) groups excluding carboxylic acids is 4. The van der Waals surface area contributed by atoms with E-state index in [1.54, 1.807) is 48.5 Å². The van der Waals surface area contributed by atoms with Gasteiger partial charge in [0, 0.05) is 16.5 Å². The molecule has 2 heterocycles. The Labute approximate surface area is 242 Å². The zero-order valence-electron chi connectivity index (χ0n) is 23.2. The lowest BCUT2D eigenvalue weighted by Crippen LogP contribution is -2.32. The molecule has 4 unspecified atom stereocenters. The third kappa shape index (κ3) is 4.15. The van der Waals surface area contributed by atoms with E-state index in [4.69, 9.17) is 9.72 Å². The summed E-state index contributed by atoms with van der Waals surface area (Å²) in [6, 6.07) is 23.1. The smallest absolute Gasteiger partial charge is 0.339 e. The van der Waals surface area contributed by atoms with Gasteiger partial charge < -0.3 is 4.74 Å². The Hall–Kier alpha value is -4.91. The number of carbonyl (C=O) groups is 4. The molecule has 2 aliphatic carbocycles. The summed E-state index contributed by atoms with van der Waals surface area (Å²) < 4.78 is 5.45. The van der Waals surface area contributed by atoms with Crippen molar-refractivity contribution in [1.82, 2.24) is 4.98 Å². The fourth-order valence-electron chi connectivity index (χ4n) is 6.83. The van der Waals surface area contributed by atoms with Crippen molar-refractivity contribution in [3.05, 3.63) is 107 Å². The Balaban J connectivity index is 1.14. The SMILES string of the molecule is CC1=CC2CC1C1C(=O)N(c3ccc(-c4cc(C(=O)OCC(=O)c5ccc(C)cc5)c5ccccc5n4)cc3)C(=O)C21. The molecule has 208 valence electrons. The summed E-state index contributed by atoms with van der Waals surface area (Å²) in [7, 11) is 0. The van der Waals surface area contributed by atoms with E-state index in [1.807, 2.05) is 37.3 Å². The van der Waals surface area contributed by atoms with E-state index >= 15 is 0 Å². The first kappa shape index (κ1) is 26.0. The second kappa shape index (κ2) is 9.87. The first-order valence-electron chi connectivity index (χ1n) is 14.1. The van der Waals surface area contributed by atoms with Gasteiger partial charge >= 0.3 is 5.97 Å². The van der Waals surface area contributed by atoms with E-state index in [1.165, 1.54) is 10.5 Å². The molecule has 0 spiro atoms. The summed E-state index contributed by atoms with van der Waals surface area (Å²) in [6.45, 7) is 3.61. The molecule has 0 N–H and O–H groups in total. The van der Waals surface area contributed by atoms with E-state index < -0.39 is 5.97 Å². The highest BCUT2D eigenvalue weighted by Crippen LogP contribution is 2.55. The Morgan fingerprint density at radius 2 is 1.62 bits per heavy atom. The molecule has 4 aromatic rings. The van der Waals surface area contributed by atoms with Crippen molar-refractivity contribution in [2.75, 3.05) is 11.5 Å². The van der Waals surface area contributed by atoms with Crippen molar-refractivity contribution in [3.63, 3.8) is 0 Å². The lowest BCUT2D eigenvalue weighted by atomic mass is 9.82. The fourth-order valence-corrected chi connectivity index (χ4v) is 6.83. The number of pyridine rings is 1. The van der Waals surface area contributed by atoms with Crippen LogP contribution in [-0.2, 0) is 14.3 Å². The van der Waals surface area contributed by atoms with Gasteiger partial charge in [-0.2, -0.15) is 0 Å². The molecule has 2 amide bonds. The van der Waals surface area contributed by atoms with E-state index in [-0.39, 0.29) is 47.9 Å². The van der Waals surface area contributed by atoms with Crippen molar-refractivity contribution < 1.29 is 23.9 Å². The molecular formula is C35H28N2O5. The molecule has 7 rings (SSSR count). The van der Waals surface area contributed by atoms with E-state index in [2.05, 4.69) is 13.0 Å². The molecule has 1 aromatic heterocycles. The average Bonchev–Trinajstić information content (AvgIpc) is 3.65. The minimum absolute atomic E-state index is 0.119. The number of aryl methyl sites for hydroxylation is 1. The van der Waals surface area contributed by atoms with Crippen molar-refractivity contribution in [3.8, 4) is 11.3 Å². The maximum atomic E-state index is 13.4. The number of rotatable bonds is 6. The predicted octanol–water partition coefficient (Wildman–Crippen LogP) is 5.95. The number of nitrogens with zero attached hydrogens (tertiary/aromatic N) is 2. The highest BCUT2D eigenvalue weighted by molar-refractivity contribution is 6.23. The summed E-state index contributed by atoms with van der Waals surface area (Å²) in [5, 5.41) is 0.615. The number of Topliss-reactive ketones (excluding diaryl/α,β-unsaturated/α-hetero) is 1. The first-order chi connectivity index (χ1) is 20.3. The molecule has 7 nitrogen and oxygen atoms in total. The van der Waals surface area contributed by atoms with E-state index in [9.17, 15) is 19.2 Å². The number of ether oxygens (including phenoxy) is 1. The molecule has 2 bridgehead atoms. The topological polar surface area (TPSA) is 93.6 Å². The highest BCUT2D eigenvalue weighted by atomic mass is 16.5. The second-order valence-corrected chi connectivity index (χ2v) is 11.5. The van der Waals surface area contributed by atoms with Crippen LogP contribution in [0, 0.1) is 30.6 Å². The lowest BCUT2D eigenvalue weighted by molar-refractivity contribution is -0.123. The van der Waals surface area contributed by atoms with Gasteiger partial charge in [0.05, 0.1) is 34.3 Å². The number of ketones is 1. The molecular weight excluding hydrogens is 528 g/mol. The summed E-state index contributed by atoms with van der Waals surface area (Å²) in [4.78, 5) is 58.6. The number of imide groups is 1. The quantitative estimate of drug-likeness (QED) is 0.126. The highest BCUT2D eigenvalue weighted by Gasteiger charge is 2.60. The van der Waals surface area contributed by atoms with Gasteiger partial charge in [0.1, 0.15) is 0 Å². The predicted molar refractivity (Wildman–Crippen MR) is 158 cm³/mol. The van der Waals surface area contributed by atoms with Gasteiger partial charge in [-0.15, -0.1) is 0 Å². The molecule has 1 saturated carbocycles. The lowest BCUT2D eigenvalue weighted by Gasteiger charge is -2.19. The number of allylic oxidation sites excluding steroid dienone is 2. The first-order valence-corrected chi connectivity index (χ1v) is 14.1. The third-order valence-electron chi connectivity index (χ3n) is 8.95. The van der Waals surface area contributed by atoms with Crippen LogP contribution >= 0.6 is 0 Å². The molecule has 3 aliphatic rings. The van der Waals surface area contributed by atoms with Crippen LogP contribution in [0.3, 0.4) is 0 Å². The molecule has 7 heteroatoms. The minimum Gasteiger partial charge on any atom is -0.454 e. The normalized spacial score (nSPS) is 22.4. The average molecular weight is 557 g/mol. The van der Waals surface area contributed by atoms with Crippen molar-refractivity contribution in [2.24, 2.45) is 23.7 Å². The van der Waals surface area contributed by atoms with Gasteiger partial charge in [-0.1, -0.05) is 71.8 Å². The van der Waals surface area contributed by atoms with E-state index in [0.717, 1.165) is 12.0 Å². The Bertz CT molecular complexity index is 1820. The number of para-hydroxylation sites is 1. The Kier molecular flexibility index (Phi) is 6.12. The standard InChI is InChI=1S/C35H28N2O5/c1-19-7-9-22(10-8-19)30(38)18-42-35(41)27-17-29(36-28-6-4-3-5-25(27)28)21-11-13-24(14-12-21)37-33(39)31-23-15-20(2)26(16-23)32(31)34(37)40/h3-15,17,23,26,31-32H,16,18H2,1-2H3.